The van der Waals surface area contributed by atoms with Crippen molar-refractivity contribution in [3.8, 4) is 5.88 Å². The molecule has 8 heteroatoms. The second kappa shape index (κ2) is 14.5. The maximum absolute atomic E-state index is 12.2. The van der Waals surface area contributed by atoms with Gasteiger partial charge in [0, 0.05) is 18.9 Å². The zero-order chi connectivity index (χ0) is 23.2. The van der Waals surface area contributed by atoms with Crippen molar-refractivity contribution >= 4 is 23.5 Å². The Morgan fingerprint density at radius 2 is 1.75 bits per heavy atom. The summed E-state index contributed by atoms with van der Waals surface area (Å²) in [6.45, 7) is 9.02. The van der Waals surface area contributed by atoms with E-state index in [1.807, 2.05) is 6.92 Å². The summed E-state index contributed by atoms with van der Waals surface area (Å²) in [5, 5.41) is 0. The van der Waals surface area contributed by atoms with Gasteiger partial charge in [0.05, 0.1) is 38.5 Å². The van der Waals surface area contributed by atoms with Gasteiger partial charge in [-0.2, -0.15) is 4.37 Å². The van der Waals surface area contributed by atoms with Gasteiger partial charge in [0.1, 0.15) is 12.2 Å². The summed E-state index contributed by atoms with van der Waals surface area (Å²) in [6, 6.07) is 0. The largest absolute Gasteiger partial charge is 0.512 e. The summed E-state index contributed by atoms with van der Waals surface area (Å²) < 4.78 is 26.3. The Labute approximate surface area is 198 Å². The van der Waals surface area contributed by atoms with Crippen LogP contribution < -0.4 is 4.74 Å². The molecule has 0 radical (unpaired) electrons. The first-order chi connectivity index (χ1) is 15.5. The first kappa shape index (κ1) is 26.6. The summed E-state index contributed by atoms with van der Waals surface area (Å²) >= 11 is 1.19. The molecule has 0 bridgehead atoms. The van der Waals surface area contributed by atoms with Gasteiger partial charge in [0.2, 0.25) is 6.23 Å². The molecule has 1 aromatic heterocycles. The molecule has 0 N–H and O–H groups in total. The van der Waals surface area contributed by atoms with Crippen molar-refractivity contribution < 1.29 is 23.5 Å². The number of likely N-dealkylation sites (N-methyl/N-ethyl adjacent to an activating group) is 1. The van der Waals surface area contributed by atoms with Crippen molar-refractivity contribution in [2.24, 2.45) is 0 Å². The molecular formula is C24H42N3O4S+. The lowest BCUT2D eigenvalue weighted by atomic mass is 10.0. The lowest BCUT2D eigenvalue weighted by molar-refractivity contribution is -0.944. The topological polar surface area (TPSA) is 70.5 Å². The molecule has 0 aromatic carbocycles. The van der Waals surface area contributed by atoms with E-state index in [1.165, 1.54) is 50.3 Å². The maximum Gasteiger partial charge on any atom is 0.512 e. The van der Waals surface area contributed by atoms with E-state index in [0.29, 0.717) is 30.1 Å². The molecule has 0 fully saturated rings. The number of hydrogen-bond acceptors (Lipinski definition) is 7. The molecule has 182 valence electrons. The van der Waals surface area contributed by atoms with Crippen LogP contribution in [-0.2, 0) is 9.47 Å². The molecule has 0 saturated heterocycles. The minimum absolute atomic E-state index is 0.309. The van der Waals surface area contributed by atoms with E-state index in [2.05, 4.69) is 35.7 Å². The minimum atomic E-state index is -0.574. The van der Waals surface area contributed by atoms with E-state index >= 15 is 0 Å². The van der Waals surface area contributed by atoms with Crippen molar-refractivity contribution in [2.45, 2.75) is 91.2 Å². The van der Waals surface area contributed by atoms with Gasteiger partial charge in [-0.15, -0.1) is 4.37 Å². The molecule has 0 amide bonds. The van der Waals surface area contributed by atoms with Crippen molar-refractivity contribution in [1.82, 2.24) is 8.75 Å². The number of carbonyl (C=O) groups is 1. The maximum atomic E-state index is 12.2. The van der Waals surface area contributed by atoms with E-state index in [4.69, 9.17) is 14.2 Å². The van der Waals surface area contributed by atoms with Crippen LogP contribution >= 0.6 is 11.7 Å². The molecule has 1 unspecified atom stereocenters. The quantitative estimate of drug-likeness (QED) is 0.173. The molecular weight excluding hydrogens is 426 g/mol. The zero-order valence-electron chi connectivity index (χ0n) is 20.4. The second-order valence-electron chi connectivity index (χ2n) is 8.94. The highest BCUT2D eigenvalue weighted by Gasteiger charge is 2.37. The number of rotatable bonds is 15. The lowest BCUT2D eigenvalue weighted by Crippen LogP contribution is -2.55. The summed E-state index contributed by atoms with van der Waals surface area (Å²) in [5.41, 5.74) is 1.94. The van der Waals surface area contributed by atoms with E-state index in [-0.39, 0.29) is 6.23 Å². The van der Waals surface area contributed by atoms with Gasteiger partial charge in [0.25, 0.3) is 5.88 Å². The standard InChI is InChI=1S/C24H42N3O4S/c1-5-7-9-11-13-18-30-24(28)31-20(3)27(4)16-14-15-21(19-27)22-23(26-32-25-22)29-17-12-10-8-6-2/h15,20H,5-14,16-19H2,1-4H3/q+1/t20-,27?/m0/s1. The van der Waals surface area contributed by atoms with E-state index in [0.717, 1.165) is 43.5 Å². The fourth-order valence-electron chi connectivity index (χ4n) is 3.88. The number of carbonyl (C=O) groups excluding carboxylic acids is 1. The number of ether oxygens (including phenoxy) is 3. The monoisotopic (exact) mass is 468 g/mol. The molecule has 0 aliphatic carbocycles. The Bertz CT molecular complexity index is 709. The molecule has 2 heterocycles. The van der Waals surface area contributed by atoms with E-state index < -0.39 is 6.16 Å². The van der Waals surface area contributed by atoms with Crippen LogP contribution in [0, 0.1) is 0 Å². The highest BCUT2D eigenvalue weighted by molar-refractivity contribution is 6.99. The van der Waals surface area contributed by atoms with E-state index in [1.54, 1.807) is 0 Å². The van der Waals surface area contributed by atoms with Crippen LogP contribution in [0.25, 0.3) is 5.57 Å². The molecule has 1 aromatic rings. The van der Waals surface area contributed by atoms with Crippen LogP contribution in [0.1, 0.15) is 90.7 Å². The summed E-state index contributed by atoms with van der Waals surface area (Å²) in [5.74, 6) is 0.627. The molecule has 32 heavy (non-hydrogen) atoms. The van der Waals surface area contributed by atoms with Crippen LogP contribution in [0.4, 0.5) is 4.79 Å². The Hall–Kier alpha value is -1.67. The average Bonchev–Trinajstić information content (AvgIpc) is 3.24. The number of hydrogen-bond donors (Lipinski definition) is 0. The molecule has 1 aliphatic rings. The number of unbranched alkanes of at least 4 members (excludes halogenated alkanes) is 7. The van der Waals surface area contributed by atoms with Gasteiger partial charge in [-0.3, -0.25) is 4.48 Å². The first-order valence-corrected chi connectivity index (χ1v) is 13.1. The Kier molecular flexibility index (Phi) is 12.0. The Morgan fingerprint density at radius 1 is 1.06 bits per heavy atom. The normalized spacial score (nSPS) is 19.3. The predicted octanol–water partition coefficient (Wildman–Crippen LogP) is 6.20. The Morgan fingerprint density at radius 3 is 2.50 bits per heavy atom. The lowest BCUT2D eigenvalue weighted by Gasteiger charge is -2.41. The highest BCUT2D eigenvalue weighted by Crippen LogP contribution is 2.31. The summed E-state index contributed by atoms with van der Waals surface area (Å²) in [7, 11) is 2.11. The van der Waals surface area contributed by atoms with Crippen LogP contribution in [0.15, 0.2) is 6.08 Å². The van der Waals surface area contributed by atoms with Crippen LogP contribution in [0.2, 0.25) is 0 Å². The Balaban J connectivity index is 1.83. The van der Waals surface area contributed by atoms with Gasteiger partial charge in [-0.1, -0.05) is 64.9 Å². The molecule has 0 saturated carbocycles. The fraction of sp³-hybridized carbons (Fsp3) is 0.792. The zero-order valence-corrected chi connectivity index (χ0v) is 21.3. The average molecular weight is 469 g/mol. The van der Waals surface area contributed by atoms with Gasteiger partial charge < -0.3 is 14.2 Å². The predicted molar refractivity (Wildman–Crippen MR) is 129 cm³/mol. The molecule has 0 spiro atoms. The molecule has 7 nitrogen and oxygen atoms in total. The highest BCUT2D eigenvalue weighted by atomic mass is 32.1. The number of aromatic nitrogens is 2. The summed E-state index contributed by atoms with van der Waals surface area (Å²) in [4.78, 5) is 12.2. The first-order valence-electron chi connectivity index (χ1n) is 12.3. The fourth-order valence-corrected chi connectivity index (χ4v) is 4.41. The van der Waals surface area contributed by atoms with Gasteiger partial charge in [0.15, 0.2) is 0 Å². The van der Waals surface area contributed by atoms with Crippen LogP contribution in [0.3, 0.4) is 0 Å². The third-order valence-corrected chi connectivity index (χ3v) is 6.69. The van der Waals surface area contributed by atoms with Crippen molar-refractivity contribution in [1.29, 1.82) is 0 Å². The number of quaternary nitrogens is 1. The van der Waals surface area contributed by atoms with Gasteiger partial charge in [-0.25, -0.2) is 4.79 Å². The van der Waals surface area contributed by atoms with Crippen molar-refractivity contribution in [3.63, 3.8) is 0 Å². The molecule has 2 rings (SSSR count). The van der Waals surface area contributed by atoms with Crippen molar-refractivity contribution in [3.05, 3.63) is 11.8 Å². The van der Waals surface area contributed by atoms with Gasteiger partial charge in [-0.05, 0) is 12.8 Å². The SMILES string of the molecule is CCCCCCCOC(=O)O[C@@H](C)[N+]1(C)CCC=C(c2nsnc2OCCCCCC)C1. The van der Waals surface area contributed by atoms with E-state index in [9.17, 15) is 4.79 Å². The van der Waals surface area contributed by atoms with Gasteiger partial charge >= 0.3 is 6.16 Å². The smallest absolute Gasteiger partial charge is 0.475 e. The molecule has 1 aliphatic heterocycles. The minimum Gasteiger partial charge on any atom is -0.475 e. The van der Waals surface area contributed by atoms with Crippen LogP contribution in [0.5, 0.6) is 5.88 Å². The second-order valence-corrected chi connectivity index (χ2v) is 9.46. The van der Waals surface area contributed by atoms with Crippen molar-refractivity contribution in [2.75, 3.05) is 33.4 Å². The third kappa shape index (κ3) is 8.70. The summed E-state index contributed by atoms with van der Waals surface area (Å²) in [6.07, 6.45) is 12.5. The third-order valence-electron chi connectivity index (χ3n) is 6.17. The molecule has 2 atom stereocenters. The van der Waals surface area contributed by atoms with Crippen LogP contribution in [-0.4, -0.2) is 59.0 Å². The number of nitrogens with zero attached hydrogens (tertiary/aromatic N) is 3.